The summed E-state index contributed by atoms with van der Waals surface area (Å²) in [7, 11) is 0. The van der Waals surface area contributed by atoms with E-state index < -0.39 is 21.7 Å². The topological polar surface area (TPSA) is 68.3 Å². The largest absolute Gasteiger partial charge is 0.298 e. The smallest absolute Gasteiger partial charge is 0.150 e. The molecule has 4 saturated carbocycles. The normalized spacial score (nSPS) is 29.1. The Morgan fingerprint density at radius 2 is 0.524 bits per heavy atom. The number of hydrogen-bond acceptors (Lipinski definition) is 4. The van der Waals surface area contributed by atoms with Gasteiger partial charge in [0, 0.05) is 22.3 Å². The molecule has 0 spiro atoms. The summed E-state index contributed by atoms with van der Waals surface area (Å²) in [5.41, 5.74) is 5.10. The van der Waals surface area contributed by atoms with Gasteiger partial charge in [0.25, 0.3) is 0 Å². The Labute approximate surface area is 245 Å². The first kappa shape index (κ1) is 26.5. The molecule has 4 aliphatic rings. The Morgan fingerprint density at radius 3 is 0.714 bits per heavy atom. The molecule has 208 valence electrons. The third kappa shape index (κ3) is 3.67. The third-order valence-electron chi connectivity index (χ3n) is 10.7. The van der Waals surface area contributed by atoms with Crippen molar-refractivity contribution in [1.82, 2.24) is 0 Å². The van der Waals surface area contributed by atoms with Crippen LogP contribution in [0.4, 0.5) is 0 Å². The van der Waals surface area contributed by atoms with Gasteiger partial charge >= 0.3 is 0 Å². The number of carbonyl (C=O) groups excluding carboxylic acids is 4. The molecule has 4 bridgehead atoms. The first-order chi connectivity index (χ1) is 20.5. The van der Waals surface area contributed by atoms with Gasteiger partial charge < -0.3 is 0 Å². The summed E-state index contributed by atoms with van der Waals surface area (Å²) in [6.45, 7) is 0. The van der Waals surface area contributed by atoms with Crippen molar-refractivity contribution in [3.8, 4) is 0 Å². The Bertz CT molecular complexity index is 1460. The molecule has 4 aromatic carbocycles. The van der Waals surface area contributed by atoms with Crippen molar-refractivity contribution in [2.75, 3.05) is 0 Å². The van der Waals surface area contributed by atoms with Crippen molar-refractivity contribution < 1.29 is 19.2 Å². The van der Waals surface area contributed by atoms with Crippen LogP contribution in [-0.2, 0) is 21.7 Å². The lowest BCUT2D eigenvalue weighted by Gasteiger charge is -2.72. The molecule has 42 heavy (non-hydrogen) atoms. The monoisotopic (exact) mass is 552 g/mol. The van der Waals surface area contributed by atoms with Crippen molar-refractivity contribution in [3.05, 3.63) is 142 Å². The summed E-state index contributed by atoms with van der Waals surface area (Å²) in [6, 6.07) is 31.6. The Morgan fingerprint density at radius 1 is 0.333 bits per heavy atom. The molecule has 0 N–H and O–H groups in total. The third-order valence-corrected chi connectivity index (χ3v) is 10.7. The van der Waals surface area contributed by atoms with E-state index in [2.05, 4.69) is 24.3 Å². The van der Waals surface area contributed by atoms with Crippen molar-refractivity contribution in [1.29, 1.82) is 0 Å². The average molecular weight is 553 g/mol. The number of benzene rings is 4. The molecular weight excluding hydrogens is 520 g/mol. The second-order valence-corrected chi connectivity index (χ2v) is 13.0. The molecule has 4 aliphatic carbocycles. The molecule has 0 heterocycles. The molecule has 4 heteroatoms. The van der Waals surface area contributed by atoms with E-state index in [0.29, 0.717) is 22.3 Å². The van der Waals surface area contributed by atoms with Crippen LogP contribution in [0.5, 0.6) is 0 Å². The zero-order valence-corrected chi connectivity index (χ0v) is 23.4. The fourth-order valence-electron chi connectivity index (χ4n) is 10.1. The van der Waals surface area contributed by atoms with Crippen LogP contribution in [0.3, 0.4) is 0 Å². The van der Waals surface area contributed by atoms with Crippen LogP contribution < -0.4 is 0 Å². The average Bonchev–Trinajstić information content (AvgIpc) is 3.04. The van der Waals surface area contributed by atoms with Crippen LogP contribution >= 0.6 is 0 Å². The lowest BCUT2D eigenvalue weighted by molar-refractivity contribution is -0.0697. The van der Waals surface area contributed by atoms with Crippen molar-refractivity contribution in [2.24, 2.45) is 0 Å². The fourth-order valence-corrected chi connectivity index (χ4v) is 10.1. The van der Waals surface area contributed by atoms with Crippen molar-refractivity contribution in [2.45, 2.75) is 60.2 Å². The molecule has 0 atom stereocenters. The lowest BCUT2D eigenvalue weighted by atomic mass is 9.31. The zero-order chi connectivity index (χ0) is 29.0. The number of carbonyl (C=O) groups is 4. The molecule has 4 fully saturated rings. The van der Waals surface area contributed by atoms with Gasteiger partial charge in [-0.25, -0.2) is 0 Å². The van der Waals surface area contributed by atoms with Gasteiger partial charge in [0.2, 0.25) is 0 Å². The van der Waals surface area contributed by atoms with E-state index in [1.165, 1.54) is 0 Å². The van der Waals surface area contributed by atoms with E-state index in [-0.39, 0.29) is 0 Å². The van der Waals surface area contributed by atoms with Crippen molar-refractivity contribution in [3.63, 3.8) is 0 Å². The molecule has 4 aromatic rings. The molecule has 0 unspecified atom stereocenters. The highest BCUT2D eigenvalue weighted by Crippen LogP contribution is 2.75. The minimum absolute atomic E-state index is 0.422. The van der Waals surface area contributed by atoms with Gasteiger partial charge in [-0.2, -0.15) is 0 Å². The molecular formula is C38H32O4. The second kappa shape index (κ2) is 9.55. The Balaban J connectivity index is 1.61. The molecule has 0 amide bonds. The number of hydrogen-bond donors (Lipinski definition) is 0. The maximum Gasteiger partial charge on any atom is 0.150 e. The summed E-state index contributed by atoms with van der Waals surface area (Å²) >= 11 is 0. The number of aldehydes is 4. The van der Waals surface area contributed by atoms with Crippen LogP contribution in [-0.4, -0.2) is 25.1 Å². The summed E-state index contributed by atoms with van der Waals surface area (Å²) in [5.74, 6) is 0. The molecule has 0 saturated heterocycles. The second-order valence-electron chi connectivity index (χ2n) is 13.0. The van der Waals surface area contributed by atoms with Gasteiger partial charge in [-0.1, -0.05) is 97.1 Å². The van der Waals surface area contributed by atoms with Gasteiger partial charge in [-0.15, -0.1) is 0 Å². The molecule has 8 rings (SSSR count). The van der Waals surface area contributed by atoms with Gasteiger partial charge in [-0.3, -0.25) is 19.2 Å². The predicted octanol–water partition coefficient (Wildman–Crippen LogP) is 7.37. The standard InChI is InChI=1S/C38H32O4/c39-17-27-9-1-5-13-31(27)35-21-36(32-14-6-2-10-28(32)18-40)24-37(22-35,33-15-7-3-11-29(33)19-41)26-38(23-35,25-36)34-16-8-4-12-30(34)20-42/h1-20H,21-26H2. The minimum Gasteiger partial charge on any atom is -0.298 e. The maximum atomic E-state index is 12.5. The van der Waals surface area contributed by atoms with Gasteiger partial charge in [0.15, 0.2) is 0 Å². The SMILES string of the molecule is O=Cc1ccccc1C12CC3(c4ccccc4C=O)CC(c4ccccc4C=O)(C1)CC(c1ccccc1C=O)(C2)C3. The summed E-state index contributed by atoms with van der Waals surface area (Å²) < 4.78 is 0. The Hall–Kier alpha value is -4.44. The van der Waals surface area contributed by atoms with E-state index in [9.17, 15) is 19.2 Å². The first-order valence-electron chi connectivity index (χ1n) is 14.6. The lowest BCUT2D eigenvalue weighted by Crippen LogP contribution is -2.67. The van der Waals surface area contributed by atoms with E-state index >= 15 is 0 Å². The zero-order valence-electron chi connectivity index (χ0n) is 23.4. The van der Waals surface area contributed by atoms with E-state index in [1.807, 2.05) is 72.8 Å². The van der Waals surface area contributed by atoms with E-state index in [0.717, 1.165) is 85.9 Å². The highest BCUT2D eigenvalue weighted by atomic mass is 16.1. The van der Waals surface area contributed by atoms with Crippen molar-refractivity contribution >= 4 is 25.1 Å². The minimum atomic E-state index is -0.422. The van der Waals surface area contributed by atoms with Crippen LogP contribution in [0.2, 0.25) is 0 Å². The summed E-state index contributed by atoms with van der Waals surface area (Å²) in [5, 5.41) is 0. The summed E-state index contributed by atoms with van der Waals surface area (Å²) in [4.78, 5) is 50.1. The quantitative estimate of drug-likeness (QED) is 0.214. The molecule has 4 nitrogen and oxygen atoms in total. The predicted molar refractivity (Wildman–Crippen MR) is 162 cm³/mol. The molecule has 0 aromatic heterocycles. The van der Waals surface area contributed by atoms with E-state index in [4.69, 9.17) is 0 Å². The Kier molecular flexibility index (Phi) is 6.02. The van der Waals surface area contributed by atoms with Crippen LogP contribution in [0.25, 0.3) is 0 Å². The number of rotatable bonds is 8. The van der Waals surface area contributed by atoms with E-state index in [1.54, 1.807) is 0 Å². The van der Waals surface area contributed by atoms with Crippen LogP contribution in [0.15, 0.2) is 97.1 Å². The maximum absolute atomic E-state index is 12.5. The van der Waals surface area contributed by atoms with Gasteiger partial charge in [-0.05, 0) is 82.4 Å². The van der Waals surface area contributed by atoms with Gasteiger partial charge in [0.1, 0.15) is 25.1 Å². The van der Waals surface area contributed by atoms with Crippen LogP contribution in [0.1, 0.15) is 102 Å². The van der Waals surface area contributed by atoms with Crippen LogP contribution in [0, 0.1) is 0 Å². The van der Waals surface area contributed by atoms with Gasteiger partial charge in [0.05, 0.1) is 0 Å². The molecule has 0 radical (unpaired) electrons. The fraction of sp³-hybridized carbons (Fsp3) is 0.263. The molecule has 0 aliphatic heterocycles. The first-order valence-corrected chi connectivity index (χ1v) is 14.6. The summed E-state index contributed by atoms with van der Waals surface area (Å²) in [6.07, 6.45) is 8.53. The highest BCUT2D eigenvalue weighted by Gasteiger charge is 2.70. The highest BCUT2D eigenvalue weighted by molar-refractivity contribution is 5.82.